The summed E-state index contributed by atoms with van der Waals surface area (Å²) in [7, 11) is 0. The molecule has 0 aromatic rings. The van der Waals surface area contributed by atoms with Crippen molar-refractivity contribution in [2.45, 2.75) is 53.1 Å². The zero-order chi connectivity index (χ0) is 12.6. The fourth-order valence-electron chi connectivity index (χ4n) is 2.10. The molecule has 3 heteroatoms. The Hall–Kier alpha value is -1.12. The number of ether oxygens (including phenoxy) is 1. The summed E-state index contributed by atoms with van der Waals surface area (Å²) >= 11 is 0. The van der Waals surface area contributed by atoms with Crippen LogP contribution in [0, 0.1) is 5.41 Å². The van der Waals surface area contributed by atoms with Crippen LogP contribution in [0.5, 0.6) is 0 Å². The van der Waals surface area contributed by atoms with Gasteiger partial charge in [0.15, 0.2) is 5.78 Å². The van der Waals surface area contributed by atoms with Crippen LogP contribution in [0.1, 0.15) is 47.5 Å². The summed E-state index contributed by atoms with van der Waals surface area (Å²) in [4.78, 5) is 23.9. The number of ketones is 1. The van der Waals surface area contributed by atoms with Crippen LogP contribution in [0.2, 0.25) is 0 Å². The van der Waals surface area contributed by atoms with Crippen molar-refractivity contribution >= 4 is 11.8 Å². The molecule has 1 aliphatic rings. The van der Waals surface area contributed by atoms with Crippen LogP contribution in [-0.4, -0.2) is 17.4 Å². The highest BCUT2D eigenvalue weighted by molar-refractivity contribution is 6.06. The van der Waals surface area contributed by atoms with Crippen molar-refractivity contribution in [2.24, 2.45) is 5.41 Å². The van der Waals surface area contributed by atoms with Crippen LogP contribution >= 0.6 is 0 Å². The van der Waals surface area contributed by atoms with Gasteiger partial charge in [-0.3, -0.25) is 9.59 Å². The number of hydrogen-bond acceptors (Lipinski definition) is 3. The third-order valence-corrected chi connectivity index (χ3v) is 2.99. The Balaban J connectivity index is 3.01. The summed E-state index contributed by atoms with van der Waals surface area (Å²) < 4.78 is 5.36. The second-order valence-electron chi connectivity index (χ2n) is 5.39. The lowest BCUT2D eigenvalue weighted by molar-refractivity contribution is -0.167. The number of esters is 1. The first-order valence-electron chi connectivity index (χ1n) is 5.62. The van der Waals surface area contributed by atoms with Gasteiger partial charge in [-0.25, -0.2) is 0 Å². The van der Waals surface area contributed by atoms with Gasteiger partial charge in [0, 0.05) is 0 Å². The van der Waals surface area contributed by atoms with E-state index in [4.69, 9.17) is 4.74 Å². The average Bonchev–Trinajstić information content (AvgIpc) is 2.44. The Kier molecular flexibility index (Phi) is 3.27. The van der Waals surface area contributed by atoms with E-state index in [0.717, 1.165) is 12.0 Å². The first-order chi connectivity index (χ1) is 7.20. The molecule has 0 aromatic carbocycles. The zero-order valence-electron chi connectivity index (χ0n) is 10.7. The van der Waals surface area contributed by atoms with Gasteiger partial charge in [-0.05, 0) is 47.5 Å². The monoisotopic (exact) mass is 224 g/mol. The maximum Gasteiger partial charge on any atom is 0.324 e. The highest BCUT2D eigenvalue weighted by Gasteiger charge is 2.49. The molecule has 0 aromatic heterocycles. The topological polar surface area (TPSA) is 43.4 Å². The molecular formula is C13H20O3. The summed E-state index contributed by atoms with van der Waals surface area (Å²) in [6.45, 7) is 8.73. The molecule has 0 saturated heterocycles. The van der Waals surface area contributed by atoms with Gasteiger partial charge in [0.05, 0.1) is 0 Å². The van der Waals surface area contributed by atoms with Gasteiger partial charge in [0.2, 0.25) is 0 Å². The fourth-order valence-corrected chi connectivity index (χ4v) is 2.10. The van der Waals surface area contributed by atoms with E-state index in [1.807, 2.05) is 33.8 Å². The number of Topliss-reactive ketones (excluding diaryl/α,β-unsaturated/α-hetero) is 1. The van der Waals surface area contributed by atoms with Gasteiger partial charge in [-0.1, -0.05) is 11.6 Å². The zero-order valence-corrected chi connectivity index (χ0v) is 10.7. The Morgan fingerprint density at radius 3 is 2.25 bits per heavy atom. The van der Waals surface area contributed by atoms with Crippen LogP contribution in [0.3, 0.4) is 0 Å². The molecule has 1 aliphatic carbocycles. The van der Waals surface area contributed by atoms with Crippen LogP contribution in [0.25, 0.3) is 0 Å². The predicted molar refractivity (Wildman–Crippen MR) is 62.0 cm³/mol. The average molecular weight is 224 g/mol. The minimum Gasteiger partial charge on any atom is -0.459 e. The molecule has 1 atom stereocenters. The van der Waals surface area contributed by atoms with Gasteiger partial charge in [0.25, 0.3) is 0 Å². The van der Waals surface area contributed by atoms with Gasteiger partial charge in [-0.2, -0.15) is 0 Å². The molecule has 0 heterocycles. The smallest absolute Gasteiger partial charge is 0.324 e. The van der Waals surface area contributed by atoms with Gasteiger partial charge >= 0.3 is 5.97 Å². The molecule has 0 radical (unpaired) electrons. The maximum atomic E-state index is 12.2. The quantitative estimate of drug-likeness (QED) is 0.411. The van der Waals surface area contributed by atoms with E-state index in [2.05, 4.69) is 0 Å². The molecule has 1 unspecified atom stereocenters. The van der Waals surface area contributed by atoms with Crippen molar-refractivity contribution < 1.29 is 14.3 Å². The summed E-state index contributed by atoms with van der Waals surface area (Å²) in [6, 6.07) is 0. The van der Waals surface area contributed by atoms with Gasteiger partial charge in [-0.15, -0.1) is 0 Å². The van der Waals surface area contributed by atoms with E-state index in [9.17, 15) is 9.59 Å². The Bertz CT molecular complexity index is 347. The molecule has 16 heavy (non-hydrogen) atoms. The summed E-state index contributed by atoms with van der Waals surface area (Å²) in [6.07, 6.45) is 3.26. The second-order valence-corrected chi connectivity index (χ2v) is 5.39. The standard InChI is InChI=1S/C13H20O3/c1-9-7-6-8-13(9,10(2)14)11(15)16-12(3,4)5/h7H,6,8H2,1-5H3. The normalized spacial score (nSPS) is 25.2. The molecule has 0 spiro atoms. The highest BCUT2D eigenvalue weighted by atomic mass is 16.6. The molecule has 0 fully saturated rings. The summed E-state index contributed by atoms with van der Waals surface area (Å²) in [5.74, 6) is -0.522. The lowest BCUT2D eigenvalue weighted by Crippen LogP contribution is -2.42. The van der Waals surface area contributed by atoms with Gasteiger partial charge < -0.3 is 4.74 Å². The van der Waals surface area contributed by atoms with E-state index >= 15 is 0 Å². The minimum atomic E-state index is -1.02. The van der Waals surface area contributed by atoms with E-state index < -0.39 is 17.0 Å². The lowest BCUT2D eigenvalue weighted by Gasteiger charge is -2.30. The maximum absolute atomic E-state index is 12.2. The molecule has 1 rings (SSSR count). The third-order valence-electron chi connectivity index (χ3n) is 2.99. The van der Waals surface area contributed by atoms with Crippen molar-refractivity contribution in [3.63, 3.8) is 0 Å². The van der Waals surface area contributed by atoms with Crippen molar-refractivity contribution in [3.8, 4) is 0 Å². The summed E-state index contributed by atoms with van der Waals surface area (Å²) in [5, 5.41) is 0. The van der Waals surface area contributed by atoms with Crippen LogP contribution in [0.4, 0.5) is 0 Å². The van der Waals surface area contributed by atoms with E-state index in [-0.39, 0.29) is 5.78 Å². The molecule has 0 aliphatic heterocycles. The second kappa shape index (κ2) is 4.04. The van der Waals surface area contributed by atoms with Gasteiger partial charge in [0.1, 0.15) is 11.0 Å². The van der Waals surface area contributed by atoms with Crippen molar-refractivity contribution in [2.75, 3.05) is 0 Å². The van der Waals surface area contributed by atoms with Crippen LogP contribution in [-0.2, 0) is 14.3 Å². The molecule has 3 nitrogen and oxygen atoms in total. The van der Waals surface area contributed by atoms with Crippen LogP contribution in [0.15, 0.2) is 11.6 Å². The molecule has 90 valence electrons. The molecular weight excluding hydrogens is 204 g/mol. The van der Waals surface area contributed by atoms with E-state index in [1.165, 1.54) is 6.92 Å². The first-order valence-corrected chi connectivity index (χ1v) is 5.62. The van der Waals surface area contributed by atoms with Crippen LogP contribution < -0.4 is 0 Å². The van der Waals surface area contributed by atoms with E-state index in [1.54, 1.807) is 0 Å². The number of hydrogen-bond donors (Lipinski definition) is 0. The van der Waals surface area contributed by atoms with E-state index in [0.29, 0.717) is 6.42 Å². The third kappa shape index (κ3) is 2.18. The Morgan fingerprint density at radius 2 is 1.94 bits per heavy atom. The molecule has 0 saturated carbocycles. The fraction of sp³-hybridized carbons (Fsp3) is 0.692. The predicted octanol–water partition coefficient (Wildman–Crippen LogP) is 2.64. The minimum absolute atomic E-state index is 0.118. The number of carbonyl (C=O) groups excluding carboxylic acids is 2. The lowest BCUT2D eigenvalue weighted by atomic mass is 9.78. The first kappa shape index (κ1) is 12.9. The SMILES string of the molecule is CC(=O)C1(C(=O)OC(C)(C)C)CCC=C1C. The van der Waals surface area contributed by atoms with Crippen molar-refractivity contribution in [3.05, 3.63) is 11.6 Å². The Morgan fingerprint density at radius 1 is 1.38 bits per heavy atom. The largest absolute Gasteiger partial charge is 0.459 e. The molecule has 0 amide bonds. The number of allylic oxidation sites excluding steroid dienone is 1. The van der Waals surface area contributed by atoms with Crippen molar-refractivity contribution in [1.82, 2.24) is 0 Å². The molecule has 0 N–H and O–H groups in total. The highest BCUT2D eigenvalue weighted by Crippen LogP contribution is 2.41. The summed E-state index contributed by atoms with van der Waals surface area (Å²) in [5.41, 5.74) is -0.746. The van der Waals surface area contributed by atoms with Crippen molar-refractivity contribution in [1.29, 1.82) is 0 Å². The molecule has 0 bridgehead atoms. The number of rotatable bonds is 2. The Labute approximate surface area is 96.9 Å². The number of carbonyl (C=O) groups is 2.